The first-order valence-electron chi connectivity index (χ1n) is 10.6. The van der Waals surface area contributed by atoms with Gasteiger partial charge in [-0.1, -0.05) is 72.8 Å². The highest BCUT2D eigenvalue weighted by Crippen LogP contribution is 2.26. The van der Waals surface area contributed by atoms with E-state index in [0.29, 0.717) is 12.1 Å². The molecule has 3 nitrogen and oxygen atoms in total. The molecular formula is C28H28N2O. The van der Waals surface area contributed by atoms with Crippen molar-refractivity contribution in [1.82, 2.24) is 4.90 Å². The number of rotatable bonds is 6. The molecule has 1 atom stereocenters. The molecule has 0 aliphatic carbocycles. The monoisotopic (exact) mass is 408 g/mol. The van der Waals surface area contributed by atoms with E-state index in [-0.39, 0.29) is 11.9 Å². The predicted octanol–water partition coefficient (Wildman–Crippen LogP) is 6.31. The highest BCUT2D eigenvalue weighted by atomic mass is 16.2. The van der Waals surface area contributed by atoms with Gasteiger partial charge in [0.1, 0.15) is 0 Å². The SMILES string of the molecule is CC(c1ccccc1)N(Cc1ccc(N(C)C)cc1)C(=O)c1ccc2ccccc2c1. The van der Waals surface area contributed by atoms with Crippen molar-refractivity contribution in [1.29, 1.82) is 0 Å². The molecule has 0 aliphatic heterocycles. The van der Waals surface area contributed by atoms with E-state index in [2.05, 4.69) is 60.4 Å². The molecule has 0 saturated carbocycles. The molecule has 0 aliphatic rings. The van der Waals surface area contributed by atoms with Gasteiger partial charge >= 0.3 is 0 Å². The van der Waals surface area contributed by atoms with E-state index in [9.17, 15) is 4.79 Å². The van der Waals surface area contributed by atoms with Crippen molar-refractivity contribution in [2.75, 3.05) is 19.0 Å². The zero-order valence-electron chi connectivity index (χ0n) is 18.3. The van der Waals surface area contributed by atoms with Crippen molar-refractivity contribution < 1.29 is 4.79 Å². The summed E-state index contributed by atoms with van der Waals surface area (Å²) >= 11 is 0. The van der Waals surface area contributed by atoms with Gasteiger partial charge in [0.2, 0.25) is 0 Å². The molecule has 4 aromatic rings. The number of carbonyl (C=O) groups excluding carboxylic acids is 1. The van der Waals surface area contributed by atoms with Gasteiger partial charge in [0.05, 0.1) is 6.04 Å². The van der Waals surface area contributed by atoms with Crippen LogP contribution in [0.15, 0.2) is 97.1 Å². The lowest BCUT2D eigenvalue weighted by Crippen LogP contribution is -2.33. The second kappa shape index (κ2) is 9.05. The number of fused-ring (bicyclic) bond motifs is 1. The van der Waals surface area contributed by atoms with Crippen molar-refractivity contribution in [2.24, 2.45) is 0 Å². The van der Waals surface area contributed by atoms with Crippen LogP contribution >= 0.6 is 0 Å². The summed E-state index contributed by atoms with van der Waals surface area (Å²) in [4.78, 5) is 17.7. The van der Waals surface area contributed by atoms with Gasteiger partial charge in [0.15, 0.2) is 0 Å². The van der Waals surface area contributed by atoms with Crippen LogP contribution in [0.2, 0.25) is 0 Å². The Kier molecular flexibility index (Phi) is 6.03. The fourth-order valence-corrected chi connectivity index (χ4v) is 3.88. The molecule has 1 amide bonds. The number of amides is 1. The Morgan fingerprint density at radius 3 is 2.10 bits per heavy atom. The molecule has 0 aromatic heterocycles. The molecule has 0 spiro atoms. The van der Waals surface area contributed by atoms with Gasteiger partial charge in [-0.3, -0.25) is 4.79 Å². The third kappa shape index (κ3) is 4.61. The highest BCUT2D eigenvalue weighted by Gasteiger charge is 2.23. The van der Waals surface area contributed by atoms with Crippen LogP contribution in [0.4, 0.5) is 5.69 Å². The number of hydrogen-bond donors (Lipinski definition) is 0. The number of benzene rings is 4. The number of hydrogen-bond acceptors (Lipinski definition) is 2. The first-order chi connectivity index (χ1) is 15.0. The third-order valence-corrected chi connectivity index (χ3v) is 5.81. The fourth-order valence-electron chi connectivity index (χ4n) is 3.88. The summed E-state index contributed by atoms with van der Waals surface area (Å²) in [7, 11) is 4.06. The van der Waals surface area contributed by atoms with Crippen molar-refractivity contribution in [3.8, 4) is 0 Å². The fraction of sp³-hybridized carbons (Fsp3) is 0.179. The van der Waals surface area contributed by atoms with E-state index >= 15 is 0 Å². The average molecular weight is 409 g/mol. The van der Waals surface area contributed by atoms with Crippen LogP contribution in [0, 0.1) is 0 Å². The summed E-state index contributed by atoms with van der Waals surface area (Å²) in [5, 5.41) is 2.22. The van der Waals surface area contributed by atoms with Crippen LogP contribution in [-0.2, 0) is 6.54 Å². The third-order valence-electron chi connectivity index (χ3n) is 5.81. The quantitative estimate of drug-likeness (QED) is 0.373. The summed E-state index contributed by atoms with van der Waals surface area (Å²) in [6, 6.07) is 32.7. The maximum Gasteiger partial charge on any atom is 0.254 e. The van der Waals surface area contributed by atoms with Gasteiger partial charge in [-0.15, -0.1) is 0 Å². The van der Waals surface area contributed by atoms with Gasteiger partial charge in [-0.2, -0.15) is 0 Å². The van der Waals surface area contributed by atoms with Crippen molar-refractivity contribution in [3.05, 3.63) is 114 Å². The van der Waals surface area contributed by atoms with E-state index in [1.165, 1.54) is 0 Å². The molecule has 0 radical (unpaired) electrons. The second-order valence-electron chi connectivity index (χ2n) is 8.14. The smallest absolute Gasteiger partial charge is 0.254 e. The van der Waals surface area contributed by atoms with Gasteiger partial charge in [-0.05, 0) is 53.1 Å². The predicted molar refractivity (Wildman–Crippen MR) is 129 cm³/mol. The summed E-state index contributed by atoms with van der Waals surface area (Å²) < 4.78 is 0. The van der Waals surface area contributed by atoms with Crippen LogP contribution in [0.25, 0.3) is 10.8 Å². The van der Waals surface area contributed by atoms with Crippen molar-refractivity contribution in [3.63, 3.8) is 0 Å². The van der Waals surface area contributed by atoms with Crippen LogP contribution in [0.1, 0.15) is 34.5 Å². The second-order valence-corrected chi connectivity index (χ2v) is 8.14. The molecule has 31 heavy (non-hydrogen) atoms. The minimum Gasteiger partial charge on any atom is -0.378 e. The normalized spacial score (nSPS) is 11.8. The molecule has 1 unspecified atom stereocenters. The maximum absolute atomic E-state index is 13.7. The van der Waals surface area contributed by atoms with Crippen LogP contribution < -0.4 is 4.90 Å². The highest BCUT2D eigenvalue weighted by molar-refractivity contribution is 5.98. The van der Waals surface area contributed by atoms with Crippen molar-refractivity contribution >= 4 is 22.4 Å². The van der Waals surface area contributed by atoms with Crippen LogP contribution in [0.3, 0.4) is 0 Å². The van der Waals surface area contributed by atoms with E-state index in [1.54, 1.807) is 0 Å². The molecule has 156 valence electrons. The lowest BCUT2D eigenvalue weighted by molar-refractivity contribution is 0.0674. The summed E-state index contributed by atoms with van der Waals surface area (Å²) in [5.74, 6) is 0.0405. The molecule has 0 heterocycles. The van der Waals surface area contributed by atoms with Crippen molar-refractivity contribution in [2.45, 2.75) is 19.5 Å². The summed E-state index contributed by atoms with van der Waals surface area (Å²) in [5.41, 5.74) is 4.10. The molecular weight excluding hydrogens is 380 g/mol. The van der Waals surface area contributed by atoms with Crippen LogP contribution in [-0.4, -0.2) is 24.9 Å². The van der Waals surface area contributed by atoms with Gasteiger partial charge in [0.25, 0.3) is 5.91 Å². The molecule has 0 saturated heterocycles. The molecule has 3 heteroatoms. The number of nitrogens with zero attached hydrogens (tertiary/aromatic N) is 2. The minimum atomic E-state index is -0.0475. The van der Waals surface area contributed by atoms with E-state index in [0.717, 1.165) is 27.6 Å². The number of carbonyl (C=O) groups is 1. The Morgan fingerprint density at radius 1 is 0.774 bits per heavy atom. The molecule has 0 bridgehead atoms. The topological polar surface area (TPSA) is 23.6 Å². The first-order valence-corrected chi connectivity index (χ1v) is 10.6. The lowest BCUT2D eigenvalue weighted by atomic mass is 10.0. The molecule has 4 aromatic carbocycles. The summed E-state index contributed by atoms with van der Waals surface area (Å²) in [6.45, 7) is 2.65. The Hall–Kier alpha value is -3.59. The zero-order valence-corrected chi connectivity index (χ0v) is 18.3. The lowest BCUT2D eigenvalue weighted by Gasteiger charge is -2.30. The molecule has 4 rings (SSSR count). The Bertz CT molecular complexity index is 1170. The largest absolute Gasteiger partial charge is 0.378 e. The Labute approximate surface area is 184 Å². The van der Waals surface area contributed by atoms with Gasteiger partial charge < -0.3 is 9.80 Å². The average Bonchev–Trinajstić information content (AvgIpc) is 2.82. The first kappa shape index (κ1) is 20.7. The zero-order chi connectivity index (χ0) is 21.8. The van der Waals surface area contributed by atoms with E-state index < -0.39 is 0 Å². The van der Waals surface area contributed by atoms with E-state index in [1.807, 2.05) is 67.5 Å². The standard InChI is InChI=1S/C28H28N2O/c1-21(23-9-5-4-6-10-23)30(20-22-13-17-27(18-14-22)29(2)3)28(31)26-16-15-24-11-7-8-12-25(24)19-26/h4-19,21H,20H2,1-3H3. The van der Waals surface area contributed by atoms with Gasteiger partial charge in [0, 0.05) is 31.9 Å². The Balaban J connectivity index is 1.68. The maximum atomic E-state index is 13.7. The molecule has 0 fully saturated rings. The van der Waals surface area contributed by atoms with Gasteiger partial charge in [-0.25, -0.2) is 0 Å². The number of anilines is 1. The minimum absolute atomic E-state index is 0.0405. The molecule has 0 N–H and O–H groups in total. The Morgan fingerprint density at radius 2 is 1.42 bits per heavy atom. The van der Waals surface area contributed by atoms with Crippen LogP contribution in [0.5, 0.6) is 0 Å². The summed E-state index contributed by atoms with van der Waals surface area (Å²) in [6.07, 6.45) is 0. The van der Waals surface area contributed by atoms with E-state index in [4.69, 9.17) is 0 Å².